The number of sulfonamides is 1. The van der Waals surface area contributed by atoms with Crippen LogP contribution in [-0.4, -0.2) is 86.3 Å². The summed E-state index contributed by atoms with van der Waals surface area (Å²) < 4.78 is 48.5. The third-order valence-corrected chi connectivity index (χ3v) is 13.8. The molecule has 3 aliphatic rings. The molecule has 0 spiro atoms. The van der Waals surface area contributed by atoms with Gasteiger partial charge < -0.3 is 24.1 Å². The first-order valence-electron chi connectivity index (χ1n) is 20.6. The molecule has 2 saturated heterocycles. The molecule has 0 bridgehead atoms. The number of rotatable bonds is 12. The Morgan fingerprint density at radius 3 is 2.49 bits per heavy atom. The summed E-state index contributed by atoms with van der Waals surface area (Å²) in [6, 6.07) is 19.7. The molecule has 322 valence electrons. The molecule has 1 aliphatic carbocycles. The van der Waals surface area contributed by atoms with Gasteiger partial charge in [-0.1, -0.05) is 60.8 Å². The third kappa shape index (κ3) is 9.79. The van der Waals surface area contributed by atoms with Crippen molar-refractivity contribution in [2.45, 2.75) is 50.8 Å². The van der Waals surface area contributed by atoms with Crippen LogP contribution in [0.3, 0.4) is 0 Å². The van der Waals surface area contributed by atoms with Crippen LogP contribution in [0, 0.1) is 11.3 Å². The highest BCUT2D eigenvalue weighted by Crippen LogP contribution is 2.43. The first-order valence-corrected chi connectivity index (χ1v) is 22.8. The molecular formula is C45H50Cl2N6O7S. The fraction of sp³-hybridized carbons (Fsp3) is 0.400. The summed E-state index contributed by atoms with van der Waals surface area (Å²) in [5, 5.41) is 0.732. The summed E-state index contributed by atoms with van der Waals surface area (Å²) in [5.74, 6) is -0.105. The van der Waals surface area contributed by atoms with Crippen molar-refractivity contribution < 1.29 is 27.4 Å². The molecule has 13 nitrogen and oxygen atoms in total. The van der Waals surface area contributed by atoms with Crippen LogP contribution in [0.1, 0.15) is 61.9 Å². The smallest absolute Gasteiger partial charge is 0.326 e. The molecule has 0 radical (unpaired) electrons. The Hall–Kier alpha value is -4.86. The lowest BCUT2D eigenvalue weighted by atomic mass is 9.72. The molecule has 2 aliphatic heterocycles. The summed E-state index contributed by atoms with van der Waals surface area (Å²) in [4.78, 5) is 37.9. The predicted molar refractivity (Wildman–Crippen MR) is 238 cm³/mol. The monoisotopic (exact) mass is 888 g/mol. The molecule has 0 unspecified atom stereocenters. The van der Waals surface area contributed by atoms with Crippen LogP contribution in [0.4, 0.5) is 5.69 Å². The van der Waals surface area contributed by atoms with E-state index in [-0.39, 0.29) is 44.1 Å². The molecular weight excluding hydrogens is 840 g/mol. The van der Waals surface area contributed by atoms with Gasteiger partial charge in [0.25, 0.3) is 15.9 Å². The number of aromatic nitrogens is 3. The average Bonchev–Trinajstić information content (AvgIpc) is 3.54. The Morgan fingerprint density at radius 2 is 1.75 bits per heavy atom. The molecule has 2 N–H and O–H groups in total. The van der Waals surface area contributed by atoms with E-state index in [1.807, 2.05) is 12.1 Å². The molecule has 5 aromatic rings. The number of aromatic amines is 1. The van der Waals surface area contributed by atoms with Gasteiger partial charge in [-0.05, 0) is 97.0 Å². The topological polar surface area (TPSA) is 148 Å². The molecule has 2 fully saturated rings. The van der Waals surface area contributed by atoms with Crippen molar-refractivity contribution in [3.8, 4) is 17.4 Å². The number of hydrogen-bond acceptors (Lipinski definition) is 10. The van der Waals surface area contributed by atoms with E-state index in [2.05, 4.69) is 50.5 Å². The van der Waals surface area contributed by atoms with Crippen LogP contribution in [0.5, 0.6) is 17.4 Å². The quantitative estimate of drug-likeness (QED) is 0.126. The summed E-state index contributed by atoms with van der Waals surface area (Å²) in [6.45, 7) is 10.3. The standard InChI is InChI=1S/C45H50Cl2N6O7S/c1-45(2)16-13-31(36(25-45)30-7-9-32(46)10-8-30)27-52-17-19-53(20-18-52)33-11-12-35(40(23-33)60-39-6-4-5-38-41(39)51(3)44(55)49-38)42(54)50-61(56,57)34-24-37(47)43(48-26-34)59-28-29-14-21-58-22-15-29/h4-12,23-24,26,29H,13-22,25,27-28H2,1-3H3,(H,49,55)(H,50,54). The van der Waals surface area contributed by atoms with Crippen LogP contribution >= 0.6 is 23.2 Å². The highest BCUT2D eigenvalue weighted by Gasteiger charge is 2.30. The summed E-state index contributed by atoms with van der Waals surface area (Å²) >= 11 is 12.7. The Labute approximate surface area is 365 Å². The number of carbonyl (C=O) groups excluding carboxylic acids is 1. The maximum absolute atomic E-state index is 14.0. The number of amides is 1. The number of fused-ring (bicyclic) bond motifs is 1. The van der Waals surface area contributed by atoms with Gasteiger partial charge in [0.05, 0.1) is 23.9 Å². The number of halogens is 2. The van der Waals surface area contributed by atoms with E-state index in [1.54, 1.807) is 43.4 Å². The number of aryl methyl sites for hydroxylation is 1. The van der Waals surface area contributed by atoms with Crippen molar-refractivity contribution in [1.29, 1.82) is 0 Å². The summed E-state index contributed by atoms with van der Waals surface area (Å²) in [6.07, 6.45) is 6.01. The molecule has 8 rings (SSSR count). The molecule has 1 amide bonds. The van der Waals surface area contributed by atoms with Gasteiger partial charge in [-0.15, -0.1) is 0 Å². The lowest BCUT2D eigenvalue weighted by molar-refractivity contribution is 0.0490. The Morgan fingerprint density at radius 1 is 1.00 bits per heavy atom. The maximum Gasteiger partial charge on any atom is 0.326 e. The van der Waals surface area contributed by atoms with E-state index in [9.17, 15) is 18.0 Å². The van der Waals surface area contributed by atoms with Crippen LogP contribution in [-0.2, 0) is 21.8 Å². The molecule has 3 aromatic carbocycles. The normalized spacial score (nSPS) is 17.8. The zero-order chi connectivity index (χ0) is 42.9. The van der Waals surface area contributed by atoms with Crippen LogP contribution < -0.4 is 24.8 Å². The van der Waals surface area contributed by atoms with E-state index < -0.39 is 15.9 Å². The zero-order valence-corrected chi connectivity index (χ0v) is 36.8. The van der Waals surface area contributed by atoms with Crippen molar-refractivity contribution >= 4 is 61.4 Å². The Bertz CT molecular complexity index is 2630. The minimum Gasteiger partial charge on any atom is -0.476 e. The van der Waals surface area contributed by atoms with Gasteiger partial charge in [0, 0.05) is 69.8 Å². The SMILES string of the molecule is Cn1c(=O)[nH]c2cccc(Oc3cc(N4CCN(CC5=C(c6ccc(Cl)cc6)CC(C)(C)CC5)CC4)ccc3C(=O)NS(=O)(=O)c3cnc(OCC4CCOCC4)c(Cl)c3)c21. The number of ether oxygens (including phenoxy) is 3. The molecule has 0 atom stereocenters. The van der Waals surface area contributed by atoms with Crippen molar-refractivity contribution in [2.24, 2.45) is 18.4 Å². The van der Waals surface area contributed by atoms with Gasteiger partial charge in [-0.25, -0.2) is 22.9 Å². The third-order valence-electron chi connectivity index (χ3n) is 12.0. The van der Waals surface area contributed by atoms with E-state index >= 15 is 0 Å². The highest BCUT2D eigenvalue weighted by atomic mass is 35.5. The fourth-order valence-electron chi connectivity index (χ4n) is 8.36. The molecule has 16 heteroatoms. The number of H-pyrrole nitrogens is 1. The van der Waals surface area contributed by atoms with Gasteiger partial charge in [0.1, 0.15) is 21.2 Å². The zero-order valence-electron chi connectivity index (χ0n) is 34.5. The van der Waals surface area contributed by atoms with Crippen molar-refractivity contribution in [2.75, 3.05) is 57.4 Å². The first-order chi connectivity index (χ1) is 29.2. The number of allylic oxidation sites excluding steroid dienone is 1. The minimum atomic E-state index is -4.44. The minimum absolute atomic E-state index is 0.00229. The second kappa shape index (κ2) is 17.9. The number of hydrogen-bond donors (Lipinski definition) is 2. The van der Waals surface area contributed by atoms with Crippen LogP contribution in [0.25, 0.3) is 16.6 Å². The van der Waals surface area contributed by atoms with Crippen LogP contribution in [0.15, 0.2) is 88.2 Å². The van der Waals surface area contributed by atoms with E-state index in [4.69, 9.17) is 37.4 Å². The summed E-state index contributed by atoms with van der Waals surface area (Å²) in [5.41, 5.74) is 5.82. The number of carbonyl (C=O) groups is 1. The van der Waals surface area contributed by atoms with E-state index in [0.29, 0.717) is 36.6 Å². The number of anilines is 1. The molecule has 2 aromatic heterocycles. The molecule has 0 saturated carbocycles. The molecule has 4 heterocycles. The second-order valence-electron chi connectivity index (χ2n) is 16.9. The number of para-hydroxylation sites is 1. The van der Waals surface area contributed by atoms with Gasteiger partial charge in [-0.3, -0.25) is 14.3 Å². The van der Waals surface area contributed by atoms with Crippen molar-refractivity contribution in [3.63, 3.8) is 0 Å². The van der Waals surface area contributed by atoms with Gasteiger partial charge in [0.2, 0.25) is 5.88 Å². The maximum atomic E-state index is 14.0. The highest BCUT2D eigenvalue weighted by molar-refractivity contribution is 7.90. The largest absolute Gasteiger partial charge is 0.476 e. The number of nitrogens with one attached hydrogen (secondary N) is 2. The number of imidazole rings is 1. The predicted octanol–water partition coefficient (Wildman–Crippen LogP) is 8.07. The fourth-order valence-corrected chi connectivity index (χ4v) is 9.70. The van der Waals surface area contributed by atoms with Gasteiger partial charge >= 0.3 is 5.69 Å². The number of nitrogens with zero attached hydrogens (tertiary/aromatic N) is 4. The average molecular weight is 890 g/mol. The number of pyridine rings is 1. The Balaban J connectivity index is 1.02. The van der Waals surface area contributed by atoms with Gasteiger partial charge in [-0.2, -0.15) is 0 Å². The lowest BCUT2D eigenvalue weighted by Crippen LogP contribution is -2.47. The van der Waals surface area contributed by atoms with Gasteiger partial charge in [0.15, 0.2) is 5.75 Å². The molecule has 61 heavy (non-hydrogen) atoms. The van der Waals surface area contributed by atoms with E-state index in [0.717, 1.165) is 81.7 Å². The Kier molecular flexibility index (Phi) is 12.5. The van der Waals surface area contributed by atoms with Crippen molar-refractivity contribution in [1.82, 2.24) is 24.2 Å². The second-order valence-corrected chi connectivity index (χ2v) is 19.4. The van der Waals surface area contributed by atoms with Crippen molar-refractivity contribution in [3.05, 3.63) is 110 Å². The number of piperazine rings is 1. The van der Waals surface area contributed by atoms with E-state index in [1.165, 1.54) is 27.3 Å². The lowest BCUT2D eigenvalue weighted by Gasteiger charge is -2.39. The summed E-state index contributed by atoms with van der Waals surface area (Å²) in [7, 11) is -2.82. The number of benzene rings is 3. The van der Waals surface area contributed by atoms with Crippen LogP contribution in [0.2, 0.25) is 10.0 Å². The first kappa shape index (κ1) is 42.8.